The fraction of sp³-hybridized carbons (Fsp3) is 0.172. The van der Waals surface area contributed by atoms with Crippen molar-refractivity contribution in [3.8, 4) is 5.75 Å². The van der Waals surface area contributed by atoms with Crippen LogP contribution in [0.25, 0.3) is 0 Å². The van der Waals surface area contributed by atoms with E-state index in [9.17, 15) is 19.2 Å². The number of amides is 2. The first-order valence-electron chi connectivity index (χ1n) is 11.8. The molecule has 0 saturated heterocycles. The number of hydrogen-bond donors (Lipinski definition) is 1. The van der Waals surface area contributed by atoms with Crippen molar-refractivity contribution >= 4 is 46.7 Å². The molecule has 0 bridgehead atoms. The molecule has 1 aliphatic heterocycles. The topological polar surface area (TPSA) is 102 Å². The number of imide groups is 1. The third kappa shape index (κ3) is 5.17. The fourth-order valence-electron chi connectivity index (χ4n) is 3.88. The van der Waals surface area contributed by atoms with Crippen LogP contribution in [-0.2, 0) is 14.3 Å². The highest BCUT2D eigenvalue weighted by atomic mass is 35.5. The maximum Gasteiger partial charge on any atom is 0.343 e. The van der Waals surface area contributed by atoms with Gasteiger partial charge in [0.1, 0.15) is 16.5 Å². The number of carbonyl (C=O) groups excluding carboxylic acids is 4. The molecule has 9 heteroatoms. The molecule has 0 radical (unpaired) electrons. The summed E-state index contributed by atoms with van der Waals surface area (Å²) < 4.78 is 10.6. The molecule has 0 aromatic heterocycles. The molecule has 0 saturated carbocycles. The van der Waals surface area contributed by atoms with Gasteiger partial charge in [-0.1, -0.05) is 23.7 Å². The number of hydrogen-bond acceptors (Lipinski definition) is 7. The van der Waals surface area contributed by atoms with Crippen LogP contribution in [0, 0.1) is 20.8 Å². The van der Waals surface area contributed by atoms with E-state index in [2.05, 4.69) is 5.32 Å². The predicted molar refractivity (Wildman–Crippen MR) is 143 cm³/mol. The molecule has 3 aromatic rings. The van der Waals surface area contributed by atoms with Gasteiger partial charge < -0.3 is 14.8 Å². The lowest BCUT2D eigenvalue weighted by Gasteiger charge is -2.15. The summed E-state index contributed by atoms with van der Waals surface area (Å²) in [6, 6.07) is 16.0. The van der Waals surface area contributed by atoms with E-state index in [4.69, 9.17) is 21.1 Å². The van der Waals surface area contributed by atoms with Crippen LogP contribution in [0.5, 0.6) is 5.75 Å². The summed E-state index contributed by atoms with van der Waals surface area (Å²) in [4.78, 5) is 51.3. The van der Waals surface area contributed by atoms with Crippen LogP contribution < -0.4 is 15.0 Å². The molecule has 0 spiro atoms. The number of anilines is 2. The number of ether oxygens (including phenoxy) is 2. The Kier molecular flexibility index (Phi) is 7.64. The van der Waals surface area contributed by atoms with Crippen molar-refractivity contribution < 1.29 is 28.7 Å². The average molecular weight is 533 g/mol. The summed E-state index contributed by atoms with van der Waals surface area (Å²) in [5.41, 5.74) is 3.96. The van der Waals surface area contributed by atoms with Gasteiger partial charge in [0.15, 0.2) is 0 Å². The standard InChI is InChI=1S/C29H25ClN2O6/c1-5-37-28(35)19-10-14-22(15-11-19)32-26(33)23(30)24(27(32)34)31-21-12-8-20(9-13-21)29(36)38-25-17(3)7-6-16(2)18(25)4/h6-15,31H,5H2,1-4H3. The Labute approximate surface area is 224 Å². The quantitative estimate of drug-likeness (QED) is 0.245. The molecule has 0 atom stereocenters. The number of esters is 2. The van der Waals surface area contributed by atoms with E-state index in [-0.39, 0.29) is 23.0 Å². The highest BCUT2D eigenvalue weighted by Gasteiger charge is 2.39. The minimum atomic E-state index is -0.702. The molecule has 1 N–H and O–H groups in total. The zero-order valence-electron chi connectivity index (χ0n) is 21.3. The first kappa shape index (κ1) is 26.6. The van der Waals surface area contributed by atoms with Gasteiger partial charge in [-0.15, -0.1) is 0 Å². The van der Waals surface area contributed by atoms with E-state index in [0.717, 1.165) is 21.6 Å². The molecule has 0 unspecified atom stereocenters. The van der Waals surface area contributed by atoms with E-state index < -0.39 is 23.8 Å². The van der Waals surface area contributed by atoms with Gasteiger partial charge in [-0.05, 0) is 92.9 Å². The summed E-state index contributed by atoms with van der Waals surface area (Å²) in [6.45, 7) is 7.64. The molecular formula is C29H25ClN2O6. The summed E-state index contributed by atoms with van der Waals surface area (Å²) in [5, 5.41) is 2.59. The molecule has 194 valence electrons. The van der Waals surface area contributed by atoms with Crippen LogP contribution >= 0.6 is 11.6 Å². The summed E-state index contributed by atoms with van der Waals surface area (Å²) in [5.74, 6) is -1.85. The van der Waals surface area contributed by atoms with Crippen molar-refractivity contribution in [1.29, 1.82) is 0 Å². The van der Waals surface area contributed by atoms with E-state index in [1.807, 2.05) is 32.9 Å². The van der Waals surface area contributed by atoms with E-state index in [1.165, 1.54) is 24.3 Å². The van der Waals surface area contributed by atoms with Crippen molar-refractivity contribution in [3.05, 3.63) is 99.2 Å². The number of nitrogens with one attached hydrogen (secondary N) is 1. The van der Waals surface area contributed by atoms with Gasteiger partial charge in [-0.3, -0.25) is 9.59 Å². The molecule has 38 heavy (non-hydrogen) atoms. The third-order valence-corrected chi connectivity index (χ3v) is 6.47. The second kappa shape index (κ2) is 10.9. The molecule has 3 aromatic carbocycles. The van der Waals surface area contributed by atoms with Crippen LogP contribution in [0.4, 0.5) is 11.4 Å². The number of benzene rings is 3. The zero-order valence-corrected chi connectivity index (χ0v) is 22.0. The lowest BCUT2D eigenvalue weighted by molar-refractivity contribution is -0.120. The van der Waals surface area contributed by atoms with Crippen LogP contribution in [0.15, 0.2) is 71.4 Å². The molecule has 4 rings (SSSR count). The van der Waals surface area contributed by atoms with Gasteiger partial charge in [0.05, 0.1) is 23.4 Å². The summed E-state index contributed by atoms with van der Waals surface area (Å²) >= 11 is 6.21. The van der Waals surface area contributed by atoms with Crippen molar-refractivity contribution in [2.45, 2.75) is 27.7 Å². The first-order chi connectivity index (χ1) is 18.1. The van der Waals surface area contributed by atoms with Crippen LogP contribution in [0.2, 0.25) is 0 Å². The van der Waals surface area contributed by atoms with Gasteiger partial charge in [0, 0.05) is 5.69 Å². The van der Waals surface area contributed by atoms with Crippen molar-refractivity contribution in [2.24, 2.45) is 0 Å². The van der Waals surface area contributed by atoms with Gasteiger partial charge in [-0.2, -0.15) is 0 Å². The second-order valence-electron chi connectivity index (χ2n) is 8.65. The number of halogens is 1. The van der Waals surface area contributed by atoms with E-state index in [0.29, 0.717) is 22.6 Å². The Bertz CT molecular complexity index is 1480. The van der Waals surface area contributed by atoms with Gasteiger partial charge in [-0.25, -0.2) is 14.5 Å². The Morgan fingerprint density at radius 1 is 0.816 bits per heavy atom. The number of aryl methyl sites for hydroxylation is 2. The Hall–Kier alpha value is -4.43. The van der Waals surface area contributed by atoms with Gasteiger partial charge in [0.2, 0.25) is 0 Å². The van der Waals surface area contributed by atoms with Gasteiger partial charge >= 0.3 is 11.9 Å². The molecule has 0 fully saturated rings. The minimum absolute atomic E-state index is 0.104. The van der Waals surface area contributed by atoms with E-state index >= 15 is 0 Å². The smallest absolute Gasteiger partial charge is 0.343 e. The number of rotatable bonds is 7. The minimum Gasteiger partial charge on any atom is -0.462 e. The Morgan fingerprint density at radius 2 is 1.39 bits per heavy atom. The predicted octanol–water partition coefficient (Wildman–Crippen LogP) is 5.44. The van der Waals surface area contributed by atoms with E-state index in [1.54, 1.807) is 31.2 Å². The van der Waals surface area contributed by atoms with Gasteiger partial charge in [0.25, 0.3) is 11.8 Å². The Morgan fingerprint density at radius 3 is 2.03 bits per heavy atom. The normalized spacial score (nSPS) is 13.1. The first-order valence-corrected chi connectivity index (χ1v) is 12.2. The maximum atomic E-state index is 13.1. The molecule has 0 aliphatic carbocycles. The zero-order chi connectivity index (χ0) is 27.6. The van der Waals surface area contributed by atoms with Crippen LogP contribution in [0.3, 0.4) is 0 Å². The third-order valence-electron chi connectivity index (χ3n) is 6.12. The highest BCUT2D eigenvalue weighted by Crippen LogP contribution is 2.31. The Balaban J connectivity index is 1.47. The average Bonchev–Trinajstić information content (AvgIpc) is 3.12. The van der Waals surface area contributed by atoms with Crippen LogP contribution in [-0.4, -0.2) is 30.4 Å². The number of nitrogens with zero attached hydrogens (tertiary/aromatic N) is 1. The lowest BCUT2D eigenvalue weighted by atomic mass is 10.1. The van der Waals surface area contributed by atoms with Crippen molar-refractivity contribution in [1.82, 2.24) is 0 Å². The number of carbonyl (C=O) groups is 4. The monoisotopic (exact) mass is 532 g/mol. The van der Waals surface area contributed by atoms with Crippen molar-refractivity contribution in [3.63, 3.8) is 0 Å². The molecule has 1 heterocycles. The molecule has 8 nitrogen and oxygen atoms in total. The molecule has 1 aliphatic rings. The lowest BCUT2D eigenvalue weighted by Crippen LogP contribution is -2.32. The summed E-state index contributed by atoms with van der Waals surface area (Å²) in [6.07, 6.45) is 0. The second-order valence-corrected chi connectivity index (χ2v) is 9.03. The van der Waals surface area contributed by atoms with Crippen molar-refractivity contribution in [2.75, 3.05) is 16.8 Å². The SMILES string of the molecule is CCOC(=O)c1ccc(N2C(=O)C(Cl)=C(Nc3ccc(C(=O)Oc4c(C)ccc(C)c4C)cc3)C2=O)cc1. The summed E-state index contributed by atoms with van der Waals surface area (Å²) in [7, 11) is 0. The fourth-order valence-corrected chi connectivity index (χ4v) is 4.09. The molecule has 2 amide bonds. The highest BCUT2D eigenvalue weighted by molar-refractivity contribution is 6.53. The maximum absolute atomic E-state index is 13.1. The van der Waals surface area contributed by atoms with Crippen LogP contribution in [0.1, 0.15) is 44.3 Å². The largest absolute Gasteiger partial charge is 0.462 e. The molecular weight excluding hydrogens is 508 g/mol.